The van der Waals surface area contributed by atoms with Gasteiger partial charge in [0.25, 0.3) is 0 Å². The van der Waals surface area contributed by atoms with Gasteiger partial charge in [0.05, 0.1) is 5.92 Å². The van der Waals surface area contributed by atoms with E-state index in [1.54, 1.807) is 9.12 Å². The maximum absolute atomic E-state index is 13.2. The lowest BCUT2D eigenvalue weighted by Gasteiger charge is -2.24. The Hall–Kier alpha value is -1.54. The molecule has 0 radical (unpaired) electrons. The van der Waals surface area contributed by atoms with Crippen LogP contribution in [0.15, 0.2) is 12.1 Å². The van der Waals surface area contributed by atoms with E-state index in [2.05, 4.69) is 6.92 Å². The molecule has 1 aromatic rings. The number of hydrogen-bond donors (Lipinski definition) is 0. The second kappa shape index (κ2) is 17.0. The summed E-state index contributed by atoms with van der Waals surface area (Å²) in [7, 11) is 1.72. The molecule has 1 aromatic carbocycles. The van der Waals surface area contributed by atoms with E-state index in [0.29, 0.717) is 5.56 Å². The molecule has 0 amide bonds. The predicted molar refractivity (Wildman–Crippen MR) is 135 cm³/mol. The molecule has 0 aliphatic rings. The van der Waals surface area contributed by atoms with Crippen molar-refractivity contribution in [3.8, 4) is 0 Å². The van der Waals surface area contributed by atoms with Gasteiger partial charge < -0.3 is 4.74 Å². The van der Waals surface area contributed by atoms with Crippen molar-refractivity contribution < 1.29 is 18.9 Å². The Morgan fingerprint density at radius 1 is 0.844 bits per heavy atom. The van der Waals surface area contributed by atoms with E-state index in [-0.39, 0.29) is 23.6 Å². The first-order valence-corrected chi connectivity index (χ1v) is 12.6. The summed E-state index contributed by atoms with van der Waals surface area (Å²) in [5.74, 6) is -0.545. The normalized spacial score (nSPS) is 12.6. The lowest BCUT2D eigenvalue weighted by Crippen LogP contribution is -2.35. The summed E-state index contributed by atoms with van der Waals surface area (Å²) >= 11 is 0. The molecule has 2 atom stereocenters. The monoisotopic (exact) mass is 464 g/mol. The summed E-state index contributed by atoms with van der Waals surface area (Å²) in [4.78, 5) is 25.9. The van der Waals surface area contributed by atoms with Gasteiger partial charge in [0.15, 0.2) is 6.10 Å². The summed E-state index contributed by atoms with van der Waals surface area (Å²) in [6.07, 6.45) is 10.1. The zero-order chi connectivity index (χ0) is 24.7. The molecule has 2 unspecified atom stereocenters. The Bertz CT molecular complexity index is 676. The zero-order valence-corrected chi connectivity index (χ0v) is 22.4. The molecule has 32 heavy (non-hydrogen) atoms. The lowest BCUT2D eigenvalue weighted by atomic mass is 9.90. The van der Waals surface area contributed by atoms with Crippen molar-refractivity contribution in [3.63, 3.8) is 0 Å². The molecule has 0 aliphatic carbocycles. The van der Waals surface area contributed by atoms with Gasteiger partial charge in [-0.15, -0.1) is 0 Å². The van der Waals surface area contributed by atoms with Crippen molar-refractivity contribution in [1.82, 2.24) is 0 Å². The van der Waals surface area contributed by atoms with Crippen LogP contribution in [0.4, 0.5) is 0 Å². The van der Waals surface area contributed by atoms with Gasteiger partial charge in [0.2, 0.25) is 5.78 Å². The van der Waals surface area contributed by atoms with Crippen LogP contribution in [-0.4, -0.2) is 17.9 Å². The molecule has 0 saturated carbocycles. The largest absolute Gasteiger partial charge is 0.453 e. The van der Waals surface area contributed by atoms with E-state index >= 15 is 0 Å². The van der Waals surface area contributed by atoms with Crippen LogP contribution in [0.25, 0.3) is 0 Å². The third-order valence-corrected chi connectivity index (χ3v) is 5.92. The quantitative estimate of drug-likeness (QED) is 0.121. The Balaban J connectivity index is 0.00000466. The van der Waals surface area contributed by atoms with Crippen molar-refractivity contribution in [2.45, 2.75) is 112 Å². The van der Waals surface area contributed by atoms with Gasteiger partial charge in [-0.2, -0.15) is 0 Å². The molecule has 0 fully saturated rings. The highest BCUT2D eigenvalue weighted by molar-refractivity contribution is 7.00. The van der Waals surface area contributed by atoms with Gasteiger partial charge in [-0.3, -0.25) is 14.2 Å². The number of aryl methyl sites for hydroxylation is 3. The standard InChI is InChI=1S/C27H44O3.HOP/c1-8-9-10-11-12-13-14-15-16-21(5)27(29)30-26(19(2)3)25(28)24-22(6)17-20(4)18-23(24)7;1-2/h17-19,21,26H,8-16H2,1-7H3;2H. The highest BCUT2D eigenvalue weighted by Gasteiger charge is 2.31. The van der Waals surface area contributed by atoms with Crippen LogP contribution in [-0.2, 0) is 14.1 Å². The van der Waals surface area contributed by atoms with Crippen molar-refractivity contribution in [2.24, 2.45) is 11.8 Å². The third-order valence-electron chi connectivity index (χ3n) is 5.92. The van der Waals surface area contributed by atoms with E-state index in [4.69, 9.17) is 9.30 Å². The first kappa shape index (κ1) is 30.5. The average molecular weight is 465 g/mol. The number of carbonyl (C=O) groups excluding carboxylic acids is 2. The molecule has 0 N–H and O–H groups in total. The van der Waals surface area contributed by atoms with Crippen molar-refractivity contribution in [2.75, 3.05) is 0 Å². The molecule has 0 saturated heterocycles. The van der Waals surface area contributed by atoms with Crippen LogP contribution in [0.3, 0.4) is 0 Å². The highest BCUT2D eigenvalue weighted by Crippen LogP contribution is 2.23. The molecule has 4 nitrogen and oxygen atoms in total. The molecule has 0 aromatic heterocycles. The van der Waals surface area contributed by atoms with Gasteiger partial charge in [-0.05, 0) is 44.2 Å². The summed E-state index contributed by atoms with van der Waals surface area (Å²) < 4.78 is 13.8. The van der Waals surface area contributed by atoms with Crippen LogP contribution in [0, 0.1) is 32.6 Å². The van der Waals surface area contributed by atoms with Gasteiger partial charge in [-0.25, -0.2) is 0 Å². The highest BCUT2D eigenvalue weighted by atomic mass is 31.0. The maximum atomic E-state index is 13.2. The average Bonchev–Trinajstić information content (AvgIpc) is 2.73. The van der Waals surface area contributed by atoms with E-state index < -0.39 is 6.10 Å². The molecule has 1 rings (SSSR count). The molecule has 182 valence electrons. The number of benzene rings is 1. The van der Waals surface area contributed by atoms with Gasteiger partial charge in [-0.1, -0.05) is 96.8 Å². The second-order valence-corrected chi connectivity index (χ2v) is 9.40. The first-order chi connectivity index (χ1) is 15.2. The maximum Gasteiger partial charge on any atom is 0.309 e. The third kappa shape index (κ3) is 10.9. The van der Waals surface area contributed by atoms with Crippen molar-refractivity contribution in [1.29, 1.82) is 0 Å². The van der Waals surface area contributed by atoms with Crippen LogP contribution in [0.5, 0.6) is 0 Å². The lowest BCUT2D eigenvalue weighted by molar-refractivity contribution is -0.153. The van der Waals surface area contributed by atoms with E-state index in [1.807, 2.05) is 53.7 Å². The van der Waals surface area contributed by atoms with Gasteiger partial charge in [0.1, 0.15) is 9.12 Å². The minimum Gasteiger partial charge on any atom is -0.453 e. The number of carbonyl (C=O) groups is 2. The minimum absolute atomic E-state index is 0.0585. The number of unbranched alkanes of at least 4 members (excludes halogenated alkanes) is 7. The summed E-state index contributed by atoms with van der Waals surface area (Å²) in [6, 6.07) is 4.04. The number of ether oxygens (including phenoxy) is 1. The number of hydrogen-bond acceptors (Lipinski definition) is 4. The van der Waals surface area contributed by atoms with E-state index in [9.17, 15) is 9.59 Å². The summed E-state index contributed by atoms with van der Waals surface area (Å²) in [6.45, 7) is 14.0. The van der Waals surface area contributed by atoms with Gasteiger partial charge >= 0.3 is 5.97 Å². The number of rotatable bonds is 14. The van der Waals surface area contributed by atoms with Crippen LogP contribution >= 0.6 is 9.12 Å². The molecule has 0 aliphatic heterocycles. The molecular weight excluding hydrogens is 419 g/mol. The van der Waals surface area contributed by atoms with E-state index in [0.717, 1.165) is 36.0 Å². The fourth-order valence-corrected chi connectivity index (χ4v) is 4.15. The number of esters is 1. The molecule has 0 heterocycles. The Kier molecular flexibility index (Phi) is 16.2. The predicted octanol–water partition coefficient (Wildman–Crippen LogP) is 8.00. The first-order valence-electron chi connectivity index (χ1n) is 12.2. The fraction of sp³-hybridized carbons (Fsp3) is 0.704. The van der Waals surface area contributed by atoms with E-state index in [1.165, 1.54) is 38.5 Å². The number of ketones is 1. The topological polar surface area (TPSA) is 60.4 Å². The summed E-state index contributed by atoms with van der Waals surface area (Å²) in [5, 5.41) is 0. The second-order valence-electron chi connectivity index (χ2n) is 9.40. The Morgan fingerprint density at radius 3 is 1.78 bits per heavy atom. The van der Waals surface area contributed by atoms with Gasteiger partial charge in [0, 0.05) is 5.56 Å². The Labute approximate surface area is 198 Å². The van der Waals surface area contributed by atoms with Crippen LogP contribution < -0.4 is 0 Å². The SMILES string of the molecule is CCCCCCCCCCC(C)C(=O)OC(C(=O)c1c(C)cc(C)cc1C)C(C)C.O=P. The smallest absolute Gasteiger partial charge is 0.309 e. The summed E-state index contributed by atoms with van der Waals surface area (Å²) in [5.41, 5.74) is 3.74. The molecule has 0 bridgehead atoms. The Morgan fingerprint density at radius 2 is 1.31 bits per heavy atom. The fourth-order valence-electron chi connectivity index (χ4n) is 4.15. The molecule has 5 heteroatoms. The van der Waals surface area contributed by atoms with Crippen LogP contribution in [0.1, 0.15) is 113 Å². The minimum atomic E-state index is -0.723. The van der Waals surface area contributed by atoms with Crippen molar-refractivity contribution in [3.05, 3.63) is 34.4 Å². The molecule has 0 spiro atoms. The number of Topliss-reactive ketones (excluding diaryl/α,β-unsaturated/α-hetero) is 1. The van der Waals surface area contributed by atoms with Crippen LogP contribution in [0.2, 0.25) is 0 Å². The van der Waals surface area contributed by atoms with Crippen molar-refractivity contribution >= 4 is 20.9 Å². The zero-order valence-electron chi connectivity index (χ0n) is 21.4. The molecular formula is C27H45O4P.